The second-order valence-corrected chi connectivity index (χ2v) is 2.42. The third-order valence-corrected chi connectivity index (χ3v) is 1.59. The average molecular weight is 142 g/mol. The quantitative estimate of drug-likeness (QED) is 0.610. The van der Waals surface area contributed by atoms with Gasteiger partial charge in [-0.3, -0.25) is 0 Å². The van der Waals surface area contributed by atoms with Crippen molar-refractivity contribution >= 4 is 0 Å². The summed E-state index contributed by atoms with van der Waals surface area (Å²) in [7, 11) is 1.90. The molecule has 3 nitrogen and oxygen atoms in total. The molecule has 1 N–H and O–H groups in total. The zero-order valence-electron chi connectivity index (χ0n) is 6.54. The maximum Gasteiger partial charge on any atom is 0.0635 e. The second kappa shape index (κ2) is 5.21. The van der Waals surface area contributed by atoms with Crippen LogP contribution in [0.15, 0.2) is 0 Å². The zero-order chi connectivity index (χ0) is 7.98. The predicted octanol–water partition coefficient (Wildman–Crippen LogP) is 0.213. The Hall–Kier alpha value is -0.590. The summed E-state index contributed by atoms with van der Waals surface area (Å²) in [6.07, 6.45) is 0.529. The van der Waals surface area contributed by atoms with Crippen LogP contribution in [0.4, 0.5) is 0 Å². The van der Waals surface area contributed by atoms with Gasteiger partial charge in [0.15, 0.2) is 0 Å². The molecule has 58 valence electrons. The summed E-state index contributed by atoms with van der Waals surface area (Å²) in [5.74, 6) is 0. The van der Waals surface area contributed by atoms with E-state index in [1.165, 1.54) is 0 Å². The van der Waals surface area contributed by atoms with Crippen molar-refractivity contribution in [1.82, 2.24) is 4.90 Å². The smallest absolute Gasteiger partial charge is 0.0635 e. The predicted molar refractivity (Wildman–Crippen MR) is 39.4 cm³/mol. The van der Waals surface area contributed by atoms with Crippen molar-refractivity contribution in [2.75, 3.05) is 20.2 Å². The van der Waals surface area contributed by atoms with E-state index in [-0.39, 0.29) is 12.6 Å². The number of hydrogen-bond acceptors (Lipinski definition) is 3. The van der Waals surface area contributed by atoms with Crippen LogP contribution in [0.2, 0.25) is 0 Å². The number of likely N-dealkylation sites (N-methyl/N-ethyl adjacent to an activating group) is 1. The number of nitrogens with zero attached hydrogens (tertiary/aromatic N) is 2. The van der Waals surface area contributed by atoms with Gasteiger partial charge >= 0.3 is 0 Å². The Balaban J connectivity index is 3.43. The Labute approximate surface area is 61.9 Å². The summed E-state index contributed by atoms with van der Waals surface area (Å²) >= 11 is 0. The molecule has 1 unspecified atom stereocenters. The Bertz CT molecular complexity index is 119. The molecule has 0 saturated heterocycles. The molecule has 10 heavy (non-hydrogen) atoms. The van der Waals surface area contributed by atoms with E-state index in [0.29, 0.717) is 6.42 Å². The van der Waals surface area contributed by atoms with E-state index in [1.54, 1.807) is 0 Å². The first-order valence-electron chi connectivity index (χ1n) is 3.40. The Morgan fingerprint density at radius 1 is 1.70 bits per heavy atom. The molecule has 0 aromatic carbocycles. The summed E-state index contributed by atoms with van der Waals surface area (Å²) in [6, 6.07) is 2.21. The van der Waals surface area contributed by atoms with Crippen LogP contribution in [0.1, 0.15) is 13.3 Å². The van der Waals surface area contributed by atoms with Crippen LogP contribution >= 0.6 is 0 Å². The maximum atomic E-state index is 8.68. The van der Waals surface area contributed by atoms with Crippen molar-refractivity contribution in [3.05, 3.63) is 0 Å². The SMILES string of the molecule is CC(CO)N(C)CCC#N. The van der Waals surface area contributed by atoms with Crippen LogP contribution in [0, 0.1) is 11.3 Å². The van der Waals surface area contributed by atoms with E-state index in [2.05, 4.69) is 6.07 Å². The van der Waals surface area contributed by atoms with Crippen LogP contribution < -0.4 is 0 Å². The Kier molecular flexibility index (Phi) is 4.91. The number of nitriles is 1. The van der Waals surface area contributed by atoms with Crippen molar-refractivity contribution < 1.29 is 5.11 Å². The van der Waals surface area contributed by atoms with Crippen molar-refractivity contribution in [2.45, 2.75) is 19.4 Å². The van der Waals surface area contributed by atoms with Crippen LogP contribution in [0.3, 0.4) is 0 Å². The topological polar surface area (TPSA) is 47.3 Å². The maximum absolute atomic E-state index is 8.68. The molecule has 1 atom stereocenters. The minimum atomic E-state index is 0.155. The van der Waals surface area contributed by atoms with Gasteiger partial charge in [0.25, 0.3) is 0 Å². The lowest BCUT2D eigenvalue weighted by molar-refractivity contribution is 0.161. The molecule has 0 aromatic heterocycles. The number of aliphatic hydroxyl groups excluding tert-OH is 1. The molecule has 0 aromatic rings. The van der Waals surface area contributed by atoms with Crippen molar-refractivity contribution in [2.24, 2.45) is 0 Å². The van der Waals surface area contributed by atoms with E-state index >= 15 is 0 Å². The molecule has 3 heteroatoms. The van der Waals surface area contributed by atoms with E-state index in [4.69, 9.17) is 10.4 Å². The molecule has 0 bridgehead atoms. The van der Waals surface area contributed by atoms with Gasteiger partial charge in [-0.15, -0.1) is 0 Å². The lowest BCUT2D eigenvalue weighted by Gasteiger charge is -2.20. The van der Waals surface area contributed by atoms with E-state index in [1.807, 2.05) is 18.9 Å². The summed E-state index contributed by atoms with van der Waals surface area (Å²) in [6.45, 7) is 2.82. The fraction of sp³-hybridized carbons (Fsp3) is 0.857. The average Bonchev–Trinajstić information content (AvgIpc) is 1.98. The van der Waals surface area contributed by atoms with Crippen LogP contribution in [0.5, 0.6) is 0 Å². The first-order chi connectivity index (χ1) is 4.72. The molecule has 0 spiro atoms. The molecule has 0 aliphatic carbocycles. The third-order valence-electron chi connectivity index (χ3n) is 1.59. The summed E-state index contributed by atoms with van der Waals surface area (Å²) in [5.41, 5.74) is 0. The van der Waals surface area contributed by atoms with Gasteiger partial charge in [0, 0.05) is 19.0 Å². The first kappa shape index (κ1) is 9.41. The van der Waals surface area contributed by atoms with Gasteiger partial charge in [-0.2, -0.15) is 5.26 Å². The van der Waals surface area contributed by atoms with E-state index < -0.39 is 0 Å². The van der Waals surface area contributed by atoms with Crippen LogP contribution in [-0.4, -0.2) is 36.2 Å². The molecule has 0 aliphatic rings. The minimum Gasteiger partial charge on any atom is -0.395 e. The highest BCUT2D eigenvalue weighted by atomic mass is 16.3. The second-order valence-electron chi connectivity index (χ2n) is 2.42. The lowest BCUT2D eigenvalue weighted by Crippen LogP contribution is -2.32. The first-order valence-corrected chi connectivity index (χ1v) is 3.40. The summed E-state index contributed by atoms with van der Waals surface area (Å²) in [5, 5.41) is 16.9. The van der Waals surface area contributed by atoms with Gasteiger partial charge in [-0.1, -0.05) is 0 Å². The highest BCUT2D eigenvalue weighted by Gasteiger charge is 2.05. The van der Waals surface area contributed by atoms with Gasteiger partial charge in [0.2, 0.25) is 0 Å². The molecule has 0 heterocycles. The molecular weight excluding hydrogens is 128 g/mol. The fourth-order valence-corrected chi connectivity index (χ4v) is 0.586. The standard InChI is InChI=1S/C7H14N2O/c1-7(6-10)9(2)5-3-4-8/h7,10H,3,5-6H2,1-2H3. The molecule has 0 aliphatic heterocycles. The van der Waals surface area contributed by atoms with Crippen molar-refractivity contribution in [1.29, 1.82) is 5.26 Å². The highest BCUT2D eigenvalue weighted by Crippen LogP contribution is 1.94. The van der Waals surface area contributed by atoms with Crippen LogP contribution in [-0.2, 0) is 0 Å². The van der Waals surface area contributed by atoms with Crippen molar-refractivity contribution in [3.8, 4) is 6.07 Å². The van der Waals surface area contributed by atoms with Gasteiger partial charge < -0.3 is 10.0 Å². The van der Waals surface area contributed by atoms with E-state index in [0.717, 1.165) is 6.54 Å². The number of rotatable bonds is 4. The van der Waals surface area contributed by atoms with Gasteiger partial charge in [-0.05, 0) is 14.0 Å². The molecule has 0 amide bonds. The Morgan fingerprint density at radius 3 is 2.70 bits per heavy atom. The largest absolute Gasteiger partial charge is 0.395 e. The molecule has 0 rings (SSSR count). The zero-order valence-corrected chi connectivity index (χ0v) is 6.54. The molecule has 0 fully saturated rings. The number of hydrogen-bond donors (Lipinski definition) is 1. The van der Waals surface area contributed by atoms with Crippen LogP contribution in [0.25, 0.3) is 0 Å². The van der Waals surface area contributed by atoms with Gasteiger partial charge in [0.1, 0.15) is 0 Å². The van der Waals surface area contributed by atoms with Crippen molar-refractivity contribution in [3.63, 3.8) is 0 Å². The molecule has 0 saturated carbocycles. The highest BCUT2D eigenvalue weighted by molar-refractivity contribution is 4.72. The third kappa shape index (κ3) is 3.44. The van der Waals surface area contributed by atoms with E-state index in [9.17, 15) is 0 Å². The molecular formula is C7H14N2O. The molecule has 0 radical (unpaired) electrons. The minimum absolute atomic E-state index is 0.155. The van der Waals surface area contributed by atoms with Gasteiger partial charge in [0.05, 0.1) is 12.7 Å². The summed E-state index contributed by atoms with van der Waals surface area (Å²) < 4.78 is 0. The Morgan fingerprint density at radius 2 is 2.30 bits per heavy atom. The fourth-order valence-electron chi connectivity index (χ4n) is 0.586. The number of aliphatic hydroxyl groups is 1. The lowest BCUT2D eigenvalue weighted by atomic mass is 10.3. The van der Waals surface area contributed by atoms with Gasteiger partial charge in [-0.25, -0.2) is 0 Å². The summed E-state index contributed by atoms with van der Waals surface area (Å²) in [4.78, 5) is 1.96. The normalized spacial score (nSPS) is 13.1. The monoisotopic (exact) mass is 142 g/mol.